The van der Waals surface area contributed by atoms with Crippen LogP contribution in [0.15, 0.2) is 67.4 Å². The number of carbonyl (C=O) groups is 1. The summed E-state index contributed by atoms with van der Waals surface area (Å²) in [6.07, 6.45) is 11.7. The first-order valence-electron chi connectivity index (χ1n) is 9.89. The van der Waals surface area contributed by atoms with Crippen LogP contribution in [-0.4, -0.2) is 30.9 Å². The maximum absolute atomic E-state index is 14.5. The number of H-pyrrole nitrogens is 1. The van der Waals surface area contributed by atoms with Crippen LogP contribution < -0.4 is 5.32 Å². The van der Waals surface area contributed by atoms with Crippen LogP contribution in [0.3, 0.4) is 0 Å². The molecule has 3 heterocycles. The van der Waals surface area contributed by atoms with Gasteiger partial charge in [0.1, 0.15) is 5.82 Å². The van der Waals surface area contributed by atoms with Gasteiger partial charge in [-0.05, 0) is 30.7 Å². The van der Waals surface area contributed by atoms with Gasteiger partial charge in [0.25, 0.3) is 0 Å². The number of pyridine rings is 1. The number of hydrogen-bond donors (Lipinski definition) is 2. The van der Waals surface area contributed by atoms with Crippen molar-refractivity contribution in [2.75, 3.05) is 5.32 Å². The van der Waals surface area contributed by atoms with E-state index in [0.717, 1.165) is 30.4 Å². The number of aromatic amines is 1. The highest BCUT2D eigenvalue weighted by atomic mass is 19.1. The van der Waals surface area contributed by atoms with E-state index in [4.69, 9.17) is 0 Å². The Bertz CT molecular complexity index is 1200. The molecule has 0 unspecified atom stereocenters. The first-order chi connectivity index (χ1) is 15.1. The summed E-state index contributed by atoms with van der Waals surface area (Å²) in [4.78, 5) is 16.3. The van der Waals surface area contributed by atoms with Gasteiger partial charge < -0.3 is 5.32 Å². The second kappa shape index (κ2) is 9.17. The molecule has 31 heavy (non-hydrogen) atoms. The van der Waals surface area contributed by atoms with Gasteiger partial charge in [-0.25, -0.2) is 4.39 Å². The third kappa shape index (κ3) is 4.75. The zero-order valence-electron chi connectivity index (χ0n) is 16.9. The molecule has 0 spiro atoms. The summed E-state index contributed by atoms with van der Waals surface area (Å²) in [5.74, 6) is -0.794. The molecule has 156 valence electrons. The van der Waals surface area contributed by atoms with E-state index >= 15 is 0 Å². The number of anilines is 1. The van der Waals surface area contributed by atoms with Gasteiger partial charge in [0.15, 0.2) is 0 Å². The number of aromatic nitrogens is 5. The monoisotopic (exact) mass is 416 g/mol. The Labute approximate surface area is 178 Å². The van der Waals surface area contributed by atoms with Crippen LogP contribution in [0.1, 0.15) is 18.9 Å². The molecule has 3 aromatic heterocycles. The molecule has 8 heteroatoms. The highest BCUT2D eigenvalue weighted by Gasteiger charge is 2.12. The predicted molar refractivity (Wildman–Crippen MR) is 117 cm³/mol. The average Bonchev–Trinajstić information content (AvgIpc) is 3.46. The molecule has 0 atom stereocenters. The maximum Gasteiger partial charge on any atom is 0.248 e. The quantitative estimate of drug-likeness (QED) is 0.433. The Morgan fingerprint density at radius 1 is 1.16 bits per heavy atom. The van der Waals surface area contributed by atoms with Gasteiger partial charge in [0, 0.05) is 59.2 Å². The van der Waals surface area contributed by atoms with Gasteiger partial charge in [0.2, 0.25) is 5.91 Å². The van der Waals surface area contributed by atoms with Crippen molar-refractivity contribution in [3.05, 3.63) is 78.8 Å². The van der Waals surface area contributed by atoms with Gasteiger partial charge in [-0.3, -0.25) is 19.6 Å². The number of benzene rings is 1. The molecule has 0 saturated carbocycles. The molecule has 0 saturated heterocycles. The Hall–Kier alpha value is -4.07. The first-order valence-corrected chi connectivity index (χ1v) is 9.89. The zero-order valence-corrected chi connectivity index (χ0v) is 16.9. The summed E-state index contributed by atoms with van der Waals surface area (Å²) >= 11 is 0. The minimum atomic E-state index is -0.465. The SMILES string of the molecule is CCCn1cc(-c2c(F)cncc2/C=C/C(=O)Nc2ccc(-c3cc[nH]n3)cc2)cn1. The van der Waals surface area contributed by atoms with Crippen molar-refractivity contribution in [3.63, 3.8) is 0 Å². The highest BCUT2D eigenvalue weighted by molar-refractivity contribution is 6.02. The molecule has 2 N–H and O–H groups in total. The van der Waals surface area contributed by atoms with Crippen LogP contribution in [0.2, 0.25) is 0 Å². The molecule has 1 amide bonds. The van der Waals surface area contributed by atoms with Gasteiger partial charge in [-0.2, -0.15) is 10.2 Å². The smallest absolute Gasteiger partial charge is 0.248 e. The number of amides is 1. The van der Waals surface area contributed by atoms with Crippen LogP contribution in [-0.2, 0) is 11.3 Å². The topological polar surface area (TPSA) is 88.5 Å². The molecule has 1 aromatic carbocycles. The second-order valence-corrected chi connectivity index (χ2v) is 6.94. The fourth-order valence-electron chi connectivity index (χ4n) is 3.22. The molecular weight excluding hydrogens is 395 g/mol. The standard InChI is InChI=1S/C23H21FN6O/c1-2-11-30-15-18(13-27-30)23-17(12-25-14-20(23)24)5-8-22(31)28-19-6-3-16(4-7-19)21-9-10-26-29-21/h3-10,12-15H,2,11H2,1H3,(H,26,29)(H,28,31)/b8-5+. The lowest BCUT2D eigenvalue weighted by Gasteiger charge is -2.06. The summed E-state index contributed by atoms with van der Waals surface area (Å²) in [5.41, 5.74) is 3.92. The number of nitrogens with zero attached hydrogens (tertiary/aromatic N) is 4. The lowest BCUT2D eigenvalue weighted by Crippen LogP contribution is -2.07. The Balaban J connectivity index is 1.49. The van der Waals surface area contributed by atoms with Gasteiger partial charge in [-0.15, -0.1) is 0 Å². The Morgan fingerprint density at radius 3 is 2.74 bits per heavy atom. The van der Waals surface area contributed by atoms with Crippen LogP contribution >= 0.6 is 0 Å². The number of nitrogens with one attached hydrogen (secondary N) is 2. The molecule has 0 aliphatic rings. The minimum Gasteiger partial charge on any atom is -0.323 e. The molecule has 0 bridgehead atoms. The minimum absolute atomic E-state index is 0.329. The largest absolute Gasteiger partial charge is 0.323 e. The van der Waals surface area contributed by atoms with Crippen molar-refractivity contribution >= 4 is 17.7 Å². The van der Waals surface area contributed by atoms with E-state index in [1.165, 1.54) is 12.3 Å². The van der Waals surface area contributed by atoms with Crippen molar-refractivity contribution in [2.45, 2.75) is 19.9 Å². The van der Waals surface area contributed by atoms with Crippen LogP contribution in [0.4, 0.5) is 10.1 Å². The van der Waals surface area contributed by atoms with E-state index < -0.39 is 5.82 Å². The summed E-state index contributed by atoms with van der Waals surface area (Å²) in [6, 6.07) is 9.21. The van der Waals surface area contributed by atoms with E-state index in [-0.39, 0.29) is 5.91 Å². The lowest BCUT2D eigenvalue weighted by atomic mass is 10.0. The predicted octanol–water partition coefficient (Wildman–Crippen LogP) is 4.54. The number of hydrogen-bond acceptors (Lipinski definition) is 4. The van der Waals surface area contributed by atoms with Crippen molar-refractivity contribution in [1.82, 2.24) is 25.0 Å². The fourth-order valence-corrected chi connectivity index (χ4v) is 3.22. The van der Waals surface area contributed by atoms with Crippen LogP contribution in [0.5, 0.6) is 0 Å². The maximum atomic E-state index is 14.5. The Kier molecular flexibility index (Phi) is 5.98. The van der Waals surface area contributed by atoms with Gasteiger partial charge in [-0.1, -0.05) is 19.1 Å². The number of rotatable bonds is 7. The number of carbonyl (C=O) groups excluding carboxylic acids is 1. The summed E-state index contributed by atoms with van der Waals surface area (Å²) in [7, 11) is 0. The molecule has 0 aliphatic heterocycles. The van der Waals surface area contributed by atoms with E-state index in [2.05, 4.69) is 25.6 Å². The zero-order chi connectivity index (χ0) is 21.6. The molecule has 4 rings (SSSR count). The van der Waals surface area contributed by atoms with Crippen molar-refractivity contribution in [3.8, 4) is 22.4 Å². The highest BCUT2D eigenvalue weighted by Crippen LogP contribution is 2.27. The van der Waals surface area contributed by atoms with Crippen molar-refractivity contribution in [1.29, 1.82) is 0 Å². The summed E-state index contributed by atoms with van der Waals surface area (Å²) in [5, 5.41) is 14.0. The van der Waals surface area contributed by atoms with E-state index in [9.17, 15) is 9.18 Å². The summed E-state index contributed by atoms with van der Waals surface area (Å²) in [6.45, 7) is 2.80. The lowest BCUT2D eigenvalue weighted by molar-refractivity contribution is -0.111. The van der Waals surface area contributed by atoms with E-state index in [1.807, 2.05) is 25.1 Å². The molecular formula is C23H21FN6O. The third-order valence-electron chi connectivity index (χ3n) is 4.67. The fraction of sp³-hybridized carbons (Fsp3) is 0.130. The molecule has 4 aromatic rings. The van der Waals surface area contributed by atoms with E-state index in [1.54, 1.807) is 41.5 Å². The van der Waals surface area contributed by atoms with Crippen LogP contribution in [0, 0.1) is 5.82 Å². The summed E-state index contributed by atoms with van der Waals surface area (Å²) < 4.78 is 16.3. The molecule has 0 aliphatic carbocycles. The molecule has 0 radical (unpaired) electrons. The van der Waals surface area contributed by atoms with Crippen LogP contribution in [0.25, 0.3) is 28.5 Å². The Morgan fingerprint density at radius 2 is 2.00 bits per heavy atom. The van der Waals surface area contributed by atoms with Crippen molar-refractivity contribution < 1.29 is 9.18 Å². The molecule has 0 fully saturated rings. The first kappa shape index (κ1) is 20.2. The molecule has 7 nitrogen and oxygen atoms in total. The van der Waals surface area contributed by atoms with Crippen molar-refractivity contribution in [2.24, 2.45) is 0 Å². The van der Waals surface area contributed by atoms with Gasteiger partial charge >= 0.3 is 0 Å². The van der Waals surface area contributed by atoms with Gasteiger partial charge in [0.05, 0.1) is 18.1 Å². The number of halogens is 1. The van der Waals surface area contributed by atoms with E-state index in [0.29, 0.717) is 22.4 Å². The third-order valence-corrected chi connectivity index (χ3v) is 4.67. The second-order valence-electron chi connectivity index (χ2n) is 6.94. The average molecular weight is 416 g/mol. The number of aryl methyl sites for hydroxylation is 1. The normalized spacial score (nSPS) is 11.2.